The third kappa shape index (κ3) is 4.97. The summed E-state index contributed by atoms with van der Waals surface area (Å²) in [6.07, 6.45) is 0. The zero-order valence-electron chi connectivity index (χ0n) is 17.1. The van der Waals surface area contributed by atoms with Crippen LogP contribution in [0.15, 0.2) is 78.9 Å². The maximum absolute atomic E-state index is 13.1. The van der Waals surface area contributed by atoms with Crippen molar-refractivity contribution >= 4 is 23.6 Å². The third-order valence-corrected chi connectivity index (χ3v) is 6.60. The van der Waals surface area contributed by atoms with Gasteiger partial charge in [-0.05, 0) is 47.9 Å². The normalized spacial score (nSPS) is 16.9. The minimum absolute atomic E-state index is 0.0667. The van der Waals surface area contributed by atoms with Crippen LogP contribution in [0.5, 0.6) is 0 Å². The lowest BCUT2D eigenvalue weighted by atomic mass is 10.1. The highest BCUT2D eigenvalue weighted by Gasteiger charge is 2.32. The van der Waals surface area contributed by atoms with E-state index in [1.807, 2.05) is 54.3 Å². The van der Waals surface area contributed by atoms with Crippen LogP contribution in [0.4, 0.5) is 4.39 Å². The molecule has 0 aliphatic carbocycles. The maximum atomic E-state index is 13.1. The second-order valence-electron chi connectivity index (χ2n) is 7.54. The van der Waals surface area contributed by atoms with Crippen LogP contribution in [0.25, 0.3) is 0 Å². The SMILES string of the molecule is C[C@H](NC(=O)c1ccc([C@H]2SCC(=O)N2Cc2ccccc2)cc1)c1ccc(F)cc1. The molecular formula is C25H23FN2O2S. The number of nitrogens with one attached hydrogen (secondary N) is 1. The minimum atomic E-state index is -0.303. The molecule has 1 saturated heterocycles. The van der Waals surface area contributed by atoms with Gasteiger partial charge in [-0.3, -0.25) is 9.59 Å². The Morgan fingerprint density at radius 3 is 2.42 bits per heavy atom. The summed E-state index contributed by atoms with van der Waals surface area (Å²) in [7, 11) is 0. The lowest BCUT2D eigenvalue weighted by Gasteiger charge is -2.24. The van der Waals surface area contributed by atoms with Crippen molar-refractivity contribution in [2.24, 2.45) is 0 Å². The summed E-state index contributed by atoms with van der Waals surface area (Å²) in [5.74, 6) is 0.0745. The predicted molar refractivity (Wildman–Crippen MR) is 121 cm³/mol. The summed E-state index contributed by atoms with van der Waals surface area (Å²) in [4.78, 5) is 26.9. The van der Waals surface area contributed by atoms with Crippen LogP contribution in [0.3, 0.4) is 0 Å². The molecule has 0 unspecified atom stereocenters. The van der Waals surface area contributed by atoms with Crippen molar-refractivity contribution in [2.75, 3.05) is 5.75 Å². The van der Waals surface area contributed by atoms with Crippen molar-refractivity contribution in [3.8, 4) is 0 Å². The van der Waals surface area contributed by atoms with Crippen LogP contribution in [0.2, 0.25) is 0 Å². The number of hydrogen-bond donors (Lipinski definition) is 1. The molecule has 1 heterocycles. The first-order valence-corrected chi connectivity index (χ1v) is 11.2. The molecule has 1 aliphatic heterocycles. The van der Waals surface area contributed by atoms with E-state index in [0.717, 1.165) is 16.7 Å². The van der Waals surface area contributed by atoms with Gasteiger partial charge in [0.15, 0.2) is 0 Å². The minimum Gasteiger partial charge on any atom is -0.346 e. The number of hydrogen-bond acceptors (Lipinski definition) is 3. The summed E-state index contributed by atoms with van der Waals surface area (Å²) in [5.41, 5.74) is 3.47. The van der Waals surface area contributed by atoms with Gasteiger partial charge in [0.1, 0.15) is 11.2 Å². The van der Waals surface area contributed by atoms with E-state index in [9.17, 15) is 14.0 Å². The van der Waals surface area contributed by atoms with Crippen molar-refractivity contribution in [3.63, 3.8) is 0 Å². The molecule has 2 atom stereocenters. The van der Waals surface area contributed by atoms with E-state index in [1.165, 1.54) is 12.1 Å². The summed E-state index contributed by atoms with van der Waals surface area (Å²) in [6.45, 7) is 2.43. The monoisotopic (exact) mass is 434 g/mol. The Balaban J connectivity index is 1.43. The Morgan fingerprint density at radius 1 is 1.06 bits per heavy atom. The van der Waals surface area contributed by atoms with Gasteiger partial charge < -0.3 is 10.2 Å². The molecule has 3 aromatic carbocycles. The van der Waals surface area contributed by atoms with Crippen LogP contribution in [0, 0.1) is 5.82 Å². The first-order chi connectivity index (χ1) is 15.0. The molecule has 1 fully saturated rings. The highest BCUT2D eigenvalue weighted by Crippen LogP contribution is 2.39. The smallest absolute Gasteiger partial charge is 0.251 e. The van der Waals surface area contributed by atoms with Crippen molar-refractivity contribution in [2.45, 2.75) is 24.9 Å². The van der Waals surface area contributed by atoms with Crippen LogP contribution >= 0.6 is 11.8 Å². The van der Waals surface area contributed by atoms with Gasteiger partial charge in [0.25, 0.3) is 5.91 Å². The lowest BCUT2D eigenvalue weighted by molar-refractivity contribution is -0.128. The van der Waals surface area contributed by atoms with Gasteiger partial charge in [0.05, 0.1) is 11.8 Å². The molecule has 6 heteroatoms. The largest absolute Gasteiger partial charge is 0.346 e. The molecule has 0 bridgehead atoms. The Hall–Kier alpha value is -3.12. The molecule has 4 rings (SSSR count). The number of nitrogens with zero attached hydrogens (tertiary/aromatic N) is 1. The molecule has 4 nitrogen and oxygen atoms in total. The van der Waals surface area contributed by atoms with E-state index in [2.05, 4.69) is 5.32 Å². The maximum Gasteiger partial charge on any atom is 0.251 e. The molecule has 2 amide bonds. The summed E-state index contributed by atoms with van der Waals surface area (Å²) in [6, 6.07) is 23.2. The van der Waals surface area contributed by atoms with Gasteiger partial charge in [-0.1, -0.05) is 54.6 Å². The zero-order valence-corrected chi connectivity index (χ0v) is 17.9. The molecular weight excluding hydrogens is 411 g/mol. The Bertz CT molecular complexity index is 1060. The molecule has 1 aliphatic rings. The van der Waals surface area contributed by atoms with Crippen LogP contribution in [0.1, 0.15) is 45.4 Å². The quantitative estimate of drug-likeness (QED) is 0.588. The third-order valence-electron chi connectivity index (χ3n) is 5.34. The molecule has 0 saturated carbocycles. The van der Waals surface area contributed by atoms with E-state index < -0.39 is 0 Å². The van der Waals surface area contributed by atoms with E-state index in [0.29, 0.717) is 17.9 Å². The number of carbonyl (C=O) groups is 2. The molecule has 1 N–H and O–H groups in total. The van der Waals surface area contributed by atoms with Crippen LogP contribution < -0.4 is 5.32 Å². The average Bonchev–Trinajstić information content (AvgIpc) is 3.15. The Morgan fingerprint density at radius 2 is 1.74 bits per heavy atom. The van der Waals surface area contributed by atoms with Crippen molar-refractivity contribution < 1.29 is 14.0 Å². The molecule has 0 aromatic heterocycles. The summed E-state index contributed by atoms with van der Waals surface area (Å²) >= 11 is 1.60. The van der Waals surface area contributed by atoms with Crippen molar-refractivity contribution in [3.05, 3.63) is 107 Å². The van der Waals surface area contributed by atoms with E-state index >= 15 is 0 Å². The Labute approximate surface area is 185 Å². The number of benzene rings is 3. The number of amides is 2. The van der Waals surface area contributed by atoms with Gasteiger partial charge in [-0.2, -0.15) is 0 Å². The van der Waals surface area contributed by atoms with E-state index in [4.69, 9.17) is 0 Å². The van der Waals surface area contributed by atoms with Gasteiger partial charge in [-0.25, -0.2) is 4.39 Å². The molecule has 3 aromatic rings. The summed E-state index contributed by atoms with van der Waals surface area (Å²) in [5, 5.41) is 2.87. The van der Waals surface area contributed by atoms with Gasteiger partial charge >= 0.3 is 0 Å². The van der Waals surface area contributed by atoms with Crippen molar-refractivity contribution in [1.82, 2.24) is 10.2 Å². The van der Waals surface area contributed by atoms with Crippen LogP contribution in [-0.4, -0.2) is 22.5 Å². The average molecular weight is 435 g/mol. The first-order valence-electron chi connectivity index (χ1n) is 10.1. The summed E-state index contributed by atoms with van der Waals surface area (Å²) < 4.78 is 13.1. The molecule has 0 spiro atoms. The highest BCUT2D eigenvalue weighted by atomic mass is 32.2. The lowest BCUT2D eigenvalue weighted by Crippen LogP contribution is -2.28. The fraction of sp³-hybridized carbons (Fsp3) is 0.200. The number of halogens is 1. The second-order valence-corrected chi connectivity index (χ2v) is 8.61. The fourth-order valence-electron chi connectivity index (χ4n) is 3.60. The van der Waals surface area contributed by atoms with Gasteiger partial charge in [-0.15, -0.1) is 11.8 Å². The van der Waals surface area contributed by atoms with Gasteiger partial charge in [0, 0.05) is 12.1 Å². The number of carbonyl (C=O) groups excluding carboxylic acids is 2. The topological polar surface area (TPSA) is 49.4 Å². The first kappa shape index (κ1) is 21.1. The van der Waals surface area contributed by atoms with E-state index in [-0.39, 0.29) is 29.0 Å². The van der Waals surface area contributed by atoms with E-state index in [1.54, 1.807) is 36.0 Å². The van der Waals surface area contributed by atoms with Crippen molar-refractivity contribution in [1.29, 1.82) is 0 Å². The van der Waals surface area contributed by atoms with Crippen LogP contribution in [-0.2, 0) is 11.3 Å². The van der Waals surface area contributed by atoms with Gasteiger partial charge in [0.2, 0.25) is 5.91 Å². The molecule has 0 radical (unpaired) electrons. The zero-order chi connectivity index (χ0) is 21.8. The predicted octanol–water partition coefficient (Wildman–Crippen LogP) is 5.09. The number of rotatable bonds is 6. The highest BCUT2D eigenvalue weighted by molar-refractivity contribution is 8.00. The standard InChI is InChI=1S/C25H23FN2O2S/c1-17(19-11-13-22(26)14-12-19)27-24(30)20-7-9-21(10-8-20)25-28(23(29)16-31-25)15-18-5-3-2-4-6-18/h2-14,17,25H,15-16H2,1H3,(H,27,30)/t17-,25+/m0/s1. The molecule has 158 valence electrons. The fourth-order valence-corrected chi connectivity index (χ4v) is 4.78. The Kier molecular flexibility index (Phi) is 6.37. The molecule has 31 heavy (non-hydrogen) atoms. The second kappa shape index (κ2) is 9.35. The number of thioether (sulfide) groups is 1.